The normalized spacial score (nSPS) is 14.0. The van der Waals surface area contributed by atoms with E-state index in [0.29, 0.717) is 0 Å². The summed E-state index contributed by atoms with van der Waals surface area (Å²) in [7, 11) is 0. The molecule has 0 aromatic heterocycles. The lowest BCUT2D eigenvalue weighted by Crippen LogP contribution is -2.30. The van der Waals surface area contributed by atoms with E-state index in [2.05, 4.69) is 60.6 Å². The smallest absolute Gasteiger partial charge is 0.189 e. The second kappa shape index (κ2) is 8.55. The molecule has 2 N–H and O–H groups in total. The Kier molecular flexibility index (Phi) is 7.52. The van der Waals surface area contributed by atoms with E-state index in [1.807, 2.05) is 0 Å². The monoisotopic (exact) mass is 350 g/mol. The standard InChI is InChI=1S/C22H38O3/c1-9-11-21(5,6)17-14-19(25-16(4)20(23)24)18(13-15(17)3)22(7,8)12-10-2/h13-14,16,20,23-24H,9-12H2,1-8H3. The lowest BCUT2D eigenvalue weighted by atomic mass is 9.74. The van der Waals surface area contributed by atoms with Crippen molar-refractivity contribution in [1.29, 1.82) is 0 Å². The zero-order valence-electron chi connectivity index (χ0n) is 17.4. The molecular formula is C22H38O3. The van der Waals surface area contributed by atoms with Crippen molar-refractivity contribution in [3.63, 3.8) is 0 Å². The zero-order valence-corrected chi connectivity index (χ0v) is 17.4. The van der Waals surface area contributed by atoms with Crippen molar-refractivity contribution in [2.75, 3.05) is 0 Å². The molecule has 3 nitrogen and oxygen atoms in total. The summed E-state index contributed by atoms with van der Waals surface area (Å²) in [6.07, 6.45) is 2.21. The Labute approximate surface area is 154 Å². The molecule has 0 radical (unpaired) electrons. The first-order valence-corrected chi connectivity index (χ1v) is 9.64. The van der Waals surface area contributed by atoms with Gasteiger partial charge in [0.1, 0.15) is 11.9 Å². The molecule has 0 aliphatic rings. The van der Waals surface area contributed by atoms with Crippen LogP contribution < -0.4 is 4.74 Å². The van der Waals surface area contributed by atoms with Gasteiger partial charge in [-0.15, -0.1) is 0 Å². The van der Waals surface area contributed by atoms with Gasteiger partial charge in [0.05, 0.1) is 0 Å². The molecule has 0 spiro atoms. The molecule has 25 heavy (non-hydrogen) atoms. The number of benzene rings is 1. The quantitative estimate of drug-likeness (QED) is 0.600. The first kappa shape index (κ1) is 22.0. The van der Waals surface area contributed by atoms with Gasteiger partial charge in [-0.25, -0.2) is 0 Å². The number of aryl methyl sites for hydroxylation is 1. The van der Waals surface area contributed by atoms with E-state index >= 15 is 0 Å². The van der Waals surface area contributed by atoms with Crippen LogP contribution in [0.1, 0.15) is 90.8 Å². The molecule has 0 saturated carbocycles. The SMILES string of the molecule is CCCC(C)(C)c1cc(OC(C)C(O)O)c(C(C)(C)CCC)cc1C. The molecule has 0 aliphatic carbocycles. The topological polar surface area (TPSA) is 49.7 Å². The highest BCUT2D eigenvalue weighted by atomic mass is 16.6. The maximum absolute atomic E-state index is 9.48. The molecule has 0 aliphatic heterocycles. The van der Waals surface area contributed by atoms with Crippen molar-refractivity contribution in [3.05, 3.63) is 28.8 Å². The summed E-state index contributed by atoms with van der Waals surface area (Å²) >= 11 is 0. The summed E-state index contributed by atoms with van der Waals surface area (Å²) in [5.74, 6) is 0.781. The number of aliphatic hydroxyl groups excluding tert-OH is 1. The molecule has 1 aromatic rings. The molecule has 144 valence electrons. The van der Waals surface area contributed by atoms with Crippen molar-refractivity contribution in [1.82, 2.24) is 0 Å². The van der Waals surface area contributed by atoms with E-state index in [0.717, 1.165) is 37.0 Å². The van der Waals surface area contributed by atoms with Crippen molar-refractivity contribution >= 4 is 0 Å². The second-order valence-electron chi connectivity index (χ2n) is 8.67. The largest absolute Gasteiger partial charge is 0.485 e. The van der Waals surface area contributed by atoms with Crippen LogP contribution in [0.5, 0.6) is 5.75 Å². The predicted molar refractivity (Wildman–Crippen MR) is 105 cm³/mol. The first-order valence-electron chi connectivity index (χ1n) is 9.64. The van der Waals surface area contributed by atoms with Crippen LogP contribution in [0.2, 0.25) is 0 Å². The van der Waals surface area contributed by atoms with Crippen LogP contribution >= 0.6 is 0 Å². The fourth-order valence-corrected chi connectivity index (χ4v) is 3.82. The minimum Gasteiger partial charge on any atom is -0.485 e. The van der Waals surface area contributed by atoms with Gasteiger partial charge in [0.25, 0.3) is 0 Å². The lowest BCUT2D eigenvalue weighted by Gasteiger charge is -2.33. The van der Waals surface area contributed by atoms with Crippen LogP contribution in [0.3, 0.4) is 0 Å². The summed E-state index contributed by atoms with van der Waals surface area (Å²) in [4.78, 5) is 0. The molecule has 3 heteroatoms. The van der Waals surface area contributed by atoms with Gasteiger partial charge in [-0.3, -0.25) is 0 Å². The molecule has 1 rings (SSSR count). The summed E-state index contributed by atoms with van der Waals surface area (Å²) < 4.78 is 6.01. The number of hydrogen-bond donors (Lipinski definition) is 2. The van der Waals surface area contributed by atoms with E-state index in [1.165, 1.54) is 11.1 Å². The Balaban J connectivity index is 3.49. The van der Waals surface area contributed by atoms with Crippen LogP contribution in [0.15, 0.2) is 12.1 Å². The average Bonchev–Trinajstić information content (AvgIpc) is 2.48. The van der Waals surface area contributed by atoms with Gasteiger partial charge >= 0.3 is 0 Å². The fourth-order valence-electron chi connectivity index (χ4n) is 3.82. The van der Waals surface area contributed by atoms with Crippen molar-refractivity contribution in [2.45, 2.75) is 104 Å². The molecule has 0 saturated heterocycles. The second-order valence-corrected chi connectivity index (χ2v) is 8.67. The Hall–Kier alpha value is -1.06. The highest BCUT2D eigenvalue weighted by molar-refractivity contribution is 5.48. The van der Waals surface area contributed by atoms with Crippen LogP contribution in [0.4, 0.5) is 0 Å². The molecule has 1 aromatic carbocycles. The maximum atomic E-state index is 9.48. The zero-order chi connectivity index (χ0) is 19.4. The van der Waals surface area contributed by atoms with E-state index in [-0.39, 0.29) is 10.8 Å². The highest BCUT2D eigenvalue weighted by Crippen LogP contribution is 2.41. The van der Waals surface area contributed by atoms with Crippen molar-refractivity contribution in [3.8, 4) is 5.75 Å². The third-order valence-electron chi connectivity index (χ3n) is 5.27. The van der Waals surface area contributed by atoms with E-state index in [1.54, 1.807) is 6.92 Å². The summed E-state index contributed by atoms with van der Waals surface area (Å²) in [6.45, 7) is 17.3. The third kappa shape index (κ3) is 5.46. The Bertz CT molecular complexity index is 559. The van der Waals surface area contributed by atoms with E-state index in [9.17, 15) is 10.2 Å². The summed E-state index contributed by atoms with van der Waals surface area (Å²) in [5.41, 5.74) is 3.74. The summed E-state index contributed by atoms with van der Waals surface area (Å²) in [5, 5.41) is 19.0. The third-order valence-corrected chi connectivity index (χ3v) is 5.27. The molecule has 1 atom stereocenters. The van der Waals surface area contributed by atoms with Gasteiger partial charge in [-0.05, 0) is 54.7 Å². The Morgan fingerprint density at radius 1 is 0.920 bits per heavy atom. The number of hydrogen-bond acceptors (Lipinski definition) is 3. The Morgan fingerprint density at radius 2 is 1.40 bits per heavy atom. The van der Waals surface area contributed by atoms with Crippen LogP contribution in [0.25, 0.3) is 0 Å². The molecule has 0 heterocycles. The van der Waals surface area contributed by atoms with Gasteiger partial charge in [0, 0.05) is 5.56 Å². The van der Waals surface area contributed by atoms with Gasteiger partial charge in [0.15, 0.2) is 6.29 Å². The fraction of sp³-hybridized carbons (Fsp3) is 0.727. The average molecular weight is 351 g/mol. The number of ether oxygens (including phenoxy) is 1. The molecule has 0 fully saturated rings. The van der Waals surface area contributed by atoms with E-state index in [4.69, 9.17) is 4.74 Å². The minimum atomic E-state index is -1.49. The van der Waals surface area contributed by atoms with Crippen LogP contribution in [0, 0.1) is 6.92 Å². The predicted octanol–water partition coefficient (Wildman–Crippen LogP) is 5.23. The first-order chi connectivity index (χ1) is 11.5. The van der Waals surface area contributed by atoms with Crippen molar-refractivity contribution in [2.24, 2.45) is 0 Å². The van der Waals surface area contributed by atoms with Crippen molar-refractivity contribution < 1.29 is 14.9 Å². The Morgan fingerprint density at radius 3 is 1.84 bits per heavy atom. The molecular weight excluding hydrogens is 312 g/mol. The molecule has 0 amide bonds. The van der Waals surface area contributed by atoms with Gasteiger partial charge in [-0.2, -0.15) is 0 Å². The molecule has 0 bridgehead atoms. The maximum Gasteiger partial charge on any atom is 0.189 e. The van der Waals surface area contributed by atoms with Gasteiger partial charge < -0.3 is 14.9 Å². The van der Waals surface area contributed by atoms with Crippen LogP contribution in [-0.2, 0) is 10.8 Å². The lowest BCUT2D eigenvalue weighted by molar-refractivity contribution is -0.105. The van der Waals surface area contributed by atoms with E-state index < -0.39 is 12.4 Å². The summed E-state index contributed by atoms with van der Waals surface area (Å²) in [6, 6.07) is 4.38. The van der Waals surface area contributed by atoms with Gasteiger partial charge in [-0.1, -0.05) is 60.5 Å². The number of aliphatic hydroxyl groups is 2. The highest BCUT2D eigenvalue weighted by Gasteiger charge is 2.29. The molecule has 1 unspecified atom stereocenters. The number of rotatable bonds is 9. The van der Waals surface area contributed by atoms with Crippen LogP contribution in [-0.4, -0.2) is 22.6 Å². The minimum absolute atomic E-state index is 0.0254. The van der Waals surface area contributed by atoms with Gasteiger partial charge in [0.2, 0.25) is 0 Å².